The summed E-state index contributed by atoms with van der Waals surface area (Å²) in [5.74, 6) is -1.26. The molecule has 13 heteroatoms. The molecule has 1 atom stereocenters. The molecule has 0 fully saturated rings. The molecule has 0 spiro atoms. The molecular formula is C23H20F3N7O3. The van der Waals surface area contributed by atoms with Crippen LogP contribution in [0.4, 0.5) is 19.0 Å². The molecule has 0 saturated heterocycles. The van der Waals surface area contributed by atoms with Gasteiger partial charge in [0, 0.05) is 19.8 Å². The molecule has 0 radical (unpaired) electrons. The van der Waals surface area contributed by atoms with Crippen molar-refractivity contribution >= 4 is 28.7 Å². The van der Waals surface area contributed by atoms with Gasteiger partial charge in [-0.05, 0) is 42.3 Å². The third kappa shape index (κ3) is 5.09. The summed E-state index contributed by atoms with van der Waals surface area (Å²) in [5, 5.41) is 19.2. The highest BCUT2D eigenvalue weighted by Gasteiger charge is 2.32. The van der Waals surface area contributed by atoms with Crippen molar-refractivity contribution in [2.75, 3.05) is 5.32 Å². The highest BCUT2D eigenvalue weighted by atomic mass is 19.4. The Kier molecular flexibility index (Phi) is 6.55. The maximum Gasteiger partial charge on any atom is 0.433 e. The number of carbonyl (C=O) groups excluding carboxylic acids is 1. The first-order valence-electron chi connectivity index (χ1n) is 10.6. The van der Waals surface area contributed by atoms with Crippen molar-refractivity contribution in [2.24, 2.45) is 7.05 Å². The molecule has 1 amide bonds. The number of hydrogen-bond acceptors (Lipinski definition) is 7. The Morgan fingerprint density at radius 2 is 1.83 bits per heavy atom. The quantitative estimate of drug-likeness (QED) is 0.351. The first-order chi connectivity index (χ1) is 17.0. The van der Waals surface area contributed by atoms with E-state index in [9.17, 15) is 22.8 Å². The molecule has 3 N–H and O–H groups in total. The summed E-state index contributed by atoms with van der Waals surface area (Å²) >= 11 is 0. The van der Waals surface area contributed by atoms with Crippen LogP contribution < -0.4 is 10.6 Å². The molecule has 1 unspecified atom stereocenters. The summed E-state index contributed by atoms with van der Waals surface area (Å²) in [6.45, 7) is 1.69. The Balaban J connectivity index is 1.54. The predicted molar refractivity (Wildman–Crippen MR) is 122 cm³/mol. The third-order valence-electron chi connectivity index (χ3n) is 5.41. The lowest BCUT2D eigenvalue weighted by Gasteiger charge is -2.14. The number of aryl methyl sites for hydroxylation is 1. The molecule has 0 bridgehead atoms. The van der Waals surface area contributed by atoms with Crippen LogP contribution in [0.3, 0.4) is 0 Å². The molecule has 0 aliphatic heterocycles. The molecule has 1 aromatic carbocycles. The number of hydrogen-bond donors (Lipinski definition) is 3. The van der Waals surface area contributed by atoms with Crippen LogP contribution >= 0.6 is 0 Å². The summed E-state index contributed by atoms with van der Waals surface area (Å²) in [6, 6.07) is 8.34. The number of nitrogens with zero attached hydrogens (tertiary/aromatic N) is 5. The van der Waals surface area contributed by atoms with Gasteiger partial charge in [-0.25, -0.2) is 14.8 Å². The van der Waals surface area contributed by atoms with Crippen molar-refractivity contribution in [1.29, 1.82) is 0 Å². The molecular weight excluding hydrogens is 479 g/mol. The van der Waals surface area contributed by atoms with Gasteiger partial charge in [0.25, 0.3) is 5.91 Å². The Bertz CT molecular complexity index is 1440. The van der Waals surface area contributed by atoms with Crippen LogP contribution in [0.25, 0.3) is 11.0 Å². The second kappa shape index (κ2) is 9.60. The molecule has 0 aliphatic rings. The highest BCUT2D eigenvalue weighted by molar-refractivity contribution is 6.05. The SMILES string of the molecule is CC(Nc1nn(C)c2c(C(=O)NCc3ccnc(C(F)(F)F)c3)ncnc12)c1ccc(C(=O)O)cc1. The van der Waals surface area contributed by atoms with E-state index in [0.29, 0.717) is 16.9 Å². The molecule has 4 aromatic rings. The highest BCUT2D eigenvalue weighted by Crippen LogP contribution is 2.28. The number of carboxylic acid groups (broad SMARTS) is 1. The number of halogens is 3. The van der Waals surface area contributed by atoms with Crippen molar-refractivity contribution in [3.63, 3.8) is 0 Å². The van der Waals surface area contributed by atoms with Gasteiger partial charge in [0.1, 0.15) is 23.1 Å². The van der Waals surface area contributed by atoms with E-state index in [1.807, 2.05) is 6.92 Å². The zero-order chi connectivity index (χ0) is 26.0. The van der Waals surface area contributed by atoms with Crippen molar-refractivity contribution in [3.05, 3.63) is 77.0 Å². The van der Waals surface area contributed by atoms with Crippen LogP contribution in [0.2, 0.25) is 0 Å². The molecule has 36 heavy (non-hydrogen) atoms. The van der Waals surface area contributed by atoms with Crippen LogP contribution in [-0.2, 0) is 19.8 Å². The summed E-state index contributed by atoms with van der Waals surface area (Å²) in [6.07, 6.45) is -2.36. The lowest BCUT2D eigenvalue weighted by atomic mass is 10.1. The minimum absolute atomic E-state index is 0.00613. The summed E-state index contributed by atoms with van der Waals surface area (Å²) in [5.41, 5.74) is 0.859. The van der Waals surface area contributed by atoms with Crippen LogP contribution in [0, 0.1) is 0 Å². The Hall–Kier alpha value is -4.55. The largest absolute Gasteiger partial charge is 0.478 e. The monoisotopic (exact) mass is 499 g/mol. The molecule has 3 aromatic heterocycles. The summed E-state index contributed by atoms with van der Waals surface area (Å²) in [7, 11) is 1.61. The number of carboxylic acids is 1. The van der Waals surface area contributed by atoms with Crippen LogP contribution in [0.1, 0.15) is 50.6 Å². The van der Waals surface area contributed by atoms with E-state index >= 15 is 0 Å². The lowest BCUT2D eigenvalue weighted by molar-refractivity contribution is -0.141. The second-order valence-corrected chi connectivity index (χ2v) is 7.91. The number of alkyl halides is 3. The summed E-state index contributed by atoms with van der Waals surface area (Å²) < 4.78 is 40.1. The number of aromatic nitrogens is 5. The van der Waals surface area contributed by atoms with E-state index in [2.05, 4.69) is 30.7 Å². The van der Waals surface area contributed by atoms with Gasteiger partial charge in [-0.15, -0.1) is 0 Å². The number of amides is 1. The first-order valence-corrected chi connectivity index (χ1v) is 10.6. The normalized spacial score (nSPS) is 12.4. The maximum absolute atomic E-state index is 12.9. The van der Waals surface area contributed by atoms with Crippen molar-refractivity contribution in [2.45, 2.75) is 25.7 Å². The minimum Gasteiger partial charge on any atom is -0.478 e. The van der Waals surface area contributed by atoms with E-state index in [1.54, 1.807) is 19.2 Å². The topological polar surface area (TPSA) is 135 Å². The summed E-state index contributed by atoms with van der Waals surface area (Å²) in [4.78, 5) is 35.5. The van der Waals surface area contributed by atoms with Gasteiger partial charge >= 0.3 is 12.1 Å². The molecule has 4 rings (SSSR count). The third-order valence-corrected chi connectivity index (χ3v) is 5.41. The van der Waals surface area contributed by atoms with Gasteiger partial charge in [0.15, 0.2) is 11.5 Å². The lowest BCUT2D eigenvalue weighted by Crippen LogP contribution is -2.25. The van der Waals surface area contributed by atoms with Gasteiger partial charge in [-0.3, -0.25) is 14.5 Å². The van der Waals surface area contributed by atoms with E-state index in [0.717, 1.165) is 17.8 Å². The fourth-order valence-corrected chi connectivity index (χ4v) is 3.58. The van der Waals surface area contributed by atoms with Gasteiger partial charge in [-0.2, -0.15) is 18.3 Å². The Morgan fingerprint density at radius 3 is 2.50 bits per heavy atom. The van der Waals surface area contributed by atoms with E-state index < -0.39 is 23.7 Å². The van der Waals surface area contributed by atoms with E-state index in [4.69, 9.17) is 5.11 Å². The molecule has 3 heterocycles. The number of anilines is 1. The van der Waals surface area contributed by atoms with Crippen molar-refractivity contribution < 1.29 is 27.9 Å². The van der Waals surface area contributed by atoms with Crippen molar-refractivity contribution in [3.8, 4) is 0 Å². The van der Waals surface area contributed by atoms with Gasteiger partial charge < -0.3 is 15.7 Å². The Morgan fingerprint density at radius 1 is 1.11 bits per heavy atom. The van der Waals surface area contributed by atoms with Crippen LogP contribution in [0.15, 0.2) is 48.9 Å². The standard InChI is InChI=1S/C23H20F3N7O3/c1-12(14-3-5-15(6-4-14)22(35)36)31-20-17-19(33(2)32-20)18(30-11-29-17)21(34)28-10-13-7-8-27-16(9-13)23(24,25)26/h3-9,11-12H,10H2,1-2H3,(H,28,34)(H,31,32)(H,35,36). The predicted octanol–water partition coefficient (Wildman–Crippen LogP) is 3.58. The second-order valence-electron chi connectivity index (χ2n) is 7.91. The number of rotatable bonds is 7. The fourth-order valence-electron chi connectivity index (χ4n) is 3.58. The molecule has 0 aliphatic carbocycles. The molecule has 0 saturated carbocycles. The average Bonchev–Trinajstić information content (AvgIpc) is 3.17. The molecule has 10 nitrogen and oxygen atoms in total. The number of pyridine rings is 1. The number of aromatic carboxylic acids is 1. The number of fused-ring (bicyclic) bond motifs is 1. The average molecular weight is 499 g/mol. The van der Waals surface area contributed by atoms with Gasteiger partial charge in [0.05, 0.1) is 11.6 Å². The zero-order valence-electron chi connectivity index (χ0n) is 19.0. The van der Waals surface area contributed by atoms with Crippen molar-refractivity contribution in [1.82, 2.24) is 30.0 Å². The van der Waals surface area contributed by atoms with Gasteiger partial charge in [0.2, 0.25) is 0 Å². The molecule has 186 valence electrons. The number of benzene rings is 1. The van der Waals surface area contributed by atoms with Gasteiger partial charge in [-0.1, -0.05) is 12.1 Å². The zero-order valence-corrected chi connectivity index (χ0v) is 19.0. The van der Waals surface area contributed by atoms with Crippen LogP contribution in [0.5, 0.6) is 0 Å². The number of nitrogens with one attached hydrogen (secondary N) is 2. The van der Waals surface area contributed by atoms with Crippen LogP contribution in [-0.4, -0.2) is 41.7 Å². The minimum atomic E-state index is -4.59. The van der Waals surface area contributed by atoms with E-state index in [-0.39, 0.29) is 29.4 Å². The maximum atomic E-state index is 12.9. The van der Waals surface area contributed by atoms with E-state index in [1.165, 1.54) is 29.2 Å². The fraction of sp³-hybridized carbons (Fsp3) is 0.217. The Labute approximate surface area is 202 Å². The number of carbonyl (C=O) groups is 2. The first kappa shape index (κ1) is 24.6. The smallest absolute Gasteiger partial charge is 0.433 e.